The minimum Gasteiger partial charge on any atom is -0.490 e. The molecule has 3 heterocycles. The first-order chi connectivity index (χ1) is 18.6. The summed E-state index contributed by atoms with van der Waals surface area (Å²) in [5, 5.41) is 0.472. The first-order valence-electron chi connectivity index (χ1n) is 13.7. The third-order valence-corrected chi connectivity index (χ3v) is 7.22. The van der Waals surface area contributed by atoms with Crippen LogP contribution >= 0.6 is 0 Å². The van der Waals surface area contributed by atoms with Crippen LogP contribution in [-0.2, 0) is 4.74 Å². The van der Waals surface area contributed by atoms with Crippen LogP contribution in [0.2, 0.25) is 0 Å². The van der Waals surface area contributed by atoms with Crippen molar-refractivity contribution in [3.05, 3.63) is 69.6 Å². The molecule has 0 saturated carbocycles. The van der Waals surface area contributed by atoms with Gasteiger partial charge in [-0.05, 0) is 43.2 Å². The van der Waals surface area contributed by atoms with Crippen molar-refractivity contribution >= 4 is 16.9 Å². The van der Waals surface area contributed by atoms with E-state index in [1.54, 1.807) is 23.1 Å². The Morgan fingerprint density at radius 2 is 1.76 bits per heavy atom. The molecular weight excluding hydrogens is 484 g/mol. The van der Waals surface area contributed by atoms with Crippen molar-refractivity contribution in [3.8, 4) is 11.5 Å². The van der Waals surface area contributed by atoms with E-state index in [4.69, 9.17) is 18.6 Å². The van der Waals surface area contributed by atoms with Gasteiger partial charge in [-0.25, -0.2) is 0 Å². The van der Waals surface area contributed by atoms with Crippen LogP contribution in [-0.4, -0.2) is 68.3 Å². The summed E-state index contributed by atoms with van der Waals surface area (Å²) in [6.45, 7) is 9.32. The molecule has 1 unspecified atom stereocenters. The highest BCUT2D eigenvalue weighted by atomic mass is 16.5. The lowest BCUT2D eigenvalue weighted by atomic mass is 9.98. The van der Waals surface area contributed by atoms with Gasteiger partial charge in [-0.3, -0.25) is 14.5 Å². The zero-order chi connectivity index (χ0) is 26.5. The predicted molar refractivity (Wildman–Crippen MR) is 145 cm³/mol. The molecule has 1 aromatic heterocycles. The lowest BCUT2D eigenvalue weighted by Crippen LogP contribution is -2.42. The molecule has 1 atom stereocenters. The number of unbranched alkanes of at least 4 members (excludes halogenated alkanes) is 2. The summed E-state index contributed by atoms with van der Waals surface area (Å²) in [6, 6.07) is 12.2. The number of benzene rings is 2. The molecule has 2 aliphatic heterocycles. The first-order valence-corrected chi connectivity index (χ1v) is 13.7. The highest BCUT2D eigenvalue weighted by Gasteiger charge is 2.43. The molecule has 1 saturated heterocycles. The lowest BCUT2D eigenvalue weighted by Gasteiger charge is -2.31. The number of fused-ring (bicyclic) bond motifs is 2. The number of rotatable bonds is 11. The molecule has 2 aliphatic rings. The predicted octanol–water partition coefficient (Wildman–Crippen LogP) is 4.64. The highest BCUT2D eigenvalue weighted by molar-refractivity contribution is 5.99. The first kappa shape index (κ1) is 26.3. The van der Waals surface area contributed by atoms with Gasteiger partial charge in [0.05, 0.1) is 43.4 Å². The Morgan fingerprint density at radius 1 is 0.947 bits per heavy atom. The number of morpholine rings is 1. The molecule has 3 aromatic rings. The smallest absolute Gasteiger partial charge is 0.290 e. The van der Waals surface area contributed by atoms with Crippen molar-refractivity contribution in [2.24, 2.45) is 0 Å². The molecule has 0 spiro atoms. The van der Waals surface area contributed by atoms with Gasteiger partial charge in [0.2, 0.25) is 5.76 Å². The molecular formula is C30H36N2O6. The fourth-order valence-corrected chi connectivity index (χ4v) is 5.23. The summed E-state index contributed by atoms with van der Waals surface area (Å²) in [5.41, 5.74) is 1.43. The SMILES string of the molecule is CCCCCOc1ccc(C2c3c(oc4ccccc4c3=O)C(=O)N2CCN2CCOCC2)cc1OCC. The minimum absolute atomic E-state index is 0.124. The molecule has 1 amide bonds. The van der Waals surface area contributed by atoms with Crippen LogP contribution in [0.25, 0.3) is 11.0 Å². The van der Waals surface area contributed by atoms with Gasteiger partial charge < -0.3 is 23.5 Å². The topological polar surface area (TPSA) is 81.5 Å². The van der Waals surface area contributed by atoms with Crippen molar-refractivity contribution < 1.29 is 23.4 Å². The molecule has 0 N–H and O–H groups in total. The van der Waals surface area contributed by atoms with Crippen molar-refractivity contribution in [1.82, 2.24) is 9.80 Å². The quantitative estimate of drug-likeness (QED) is 0.341. The molecule has 0 bridgehead atoms. The minimum atomic E-state index is -0.576. The Labute approximate surface area is 223 Å². The van der Waals surface area contributed by atoms with Crippen LogP contribution in [0, 0.1) is 0 Å². The molecule has 1 fully saturated rings. The second-order valence-corrected chi connectivity index (χ2v) is 9.72. The number of carbonyl (C=O) groups is 1. The molecule has 0 radical (unpaired) electrons. The Hall–Kier alpha value is -3.36. The third-order valence-electron chi connectivity index (χ3n) is 7.22. The van der Waals surface area contributed by atoms with Crippen LogP contribution in [0.5, 0.6) is 11.5 Å². The maximum absolute atomic E-state index is 13.8. The second-order valence-electron chi connectivity index (χ2n) is 9.72. The van der Waals surface area contributed by atoms with Gasteiger partial charge in [-0.15, -0.1) is 0 Å². The van der Waals surface area contributed by atoms with Crippen LogP contribution in [0.15, 0.2) is 51.7 Å². The van der Waals surface area contributed by atoms with Gasteiger partial charge in [0, 0.05) is 26.2 Å². The number of amides is 1. The number of hydrogen-bond donors (Lipinski definition) is 0. The third kappa shape index (κ3) is 5.28. The van der Waals surface area contributed by atoms with E-state index in [-0.39, 0.29) is 17.1 Å². The Morgan fingerprint density at radius 3 is 2.55 bits per heavy atom. The van der Waals surface area contributed by atoms with Crippen molar-refractivity contribution in [3.63, 3.8) is 0 Å². The summed E-state index contributed by atoms with van der Waals surface area (Å²) in [6.07, 6.45) is 3.19. The van der Waals surface area contributed by atoms with Gasteiger partial charge in [0.15, 0.2) is 16.9 Å². The fourth-order valence-electron chi connectivity index (χ4n) is 5.23. The van der Waals surface area contributed by atoms with E-state index in [1.807, 2.05) is 31.2 Å². The van der Waals surface area contributed by atoms with Crippen molar-refractivity contribution in [2.75, 3.05) is 52.6 Å². The number of carbonyl (C=O) groups excluding carboxylic acids is 1. The molecule has 8 nitrogen and oxygen atoms in total. The normalized spacial score (nSPS) is 17.7. The number of para-hydroxylation sites is 1. The summed E-state index contributed by atoms with van der Waals surface area (Å²) in [7, 11) is 0. The highest BCUT2D eigenvalue weighted by Crippen LogP contribution is 2.41. The summed E-state index contributed by atoms with van der Waals surface area (Å²) >= 11 is 0. The standard InChI is InChI=1S/C30H36N2O6/c1-3-5-8-17-37-24-12-11-21(20-25(24)36-4-2)27-26-28(33)22-9-6-7-10-23(22)38-29(26)30(34)32(27)14-13-31-15-18-35-19-16-31/h6-7,9-12,20,27H,3-5,8,13-19H2,1-2H3. The van der Waals surface area contributed by atoms with E-state index in [0.29, 0.717) is 67.5 Å². The summed E-state index contributed by atoms with van der Waals surface area (Å²) in [4.78, 5) is 31.5. The maximum atomic E-state index is 13.8. The van der Waals surface area contributed by atoms with Crippen LogP contribution in [0.4, 0.5) is 0 Å². The van der Waals surface area contributed by atoms with Gasteiger partial charge in [0.1, 0.15) is 5.58 Å². The lowest BCUT2D eigenvalue weighted by molar-refractivity contribution is 0.0314. The second kappa shape index (κ2) is 12.0. The average molecular weight is 521 g/mol. The van der Waals surface area contributed by atoms with Gasteiger partial charge in [0.25, 0.3) is 5.91 Å². The van der Waals surface area contributed by atoms with Gasteiger partial charge >= 0.3 is 0 Å². The maximum Gasteiger partial charge on any atom is 0.290 e. The number of nitrogens with zero attached hydrogens (tertiary/aromatic N) is 2. The fraction of sp³-hybridized carbons (Fsp3) is 0.467. The number of ether oxygens (including phenoxy) is 3. The largest absolute Gasteiger partial charge is 0.490 e. The van der Waals surface area contributed by atoms with Crippen LogP contribution in [0.1, 0.15) is 60.8 Å². The van der Waals surface area contributed by atoms with Gasteiger partial charge in [-0.2, -0.15) is 0 Å². The van der Waals surface area contributed by atoms with Crippen LogP contribution < -0.4 is 14.9 Å². The molecule has 2 aromatic carbocycles. The van der Waals surface area contributed by atoms with Crippen LogP contribution in [0.3, 0.4) is 0 Å². The van der Waals surface area contributed by atoms with E-state index < -0.39 is 6.04 Å². The zero-order valence-electron chi connectivity index (χ0n) is 22.2. The molecule has 0 aliphatic carbocycles. The van der Waals surface area contributed by atoms with E-state index in [1.165, 1.54) is 0 Å². The molecule has 38 heavy (non-hydrogen) atoms. The van der Waals surface area contributed by atoms with E-state index in [9.17, 15) is 9.59 Å². The van der Waals surface area contributed by atoms with Crippen molar-refractivity contribution in [1.29, 1.82) is 0 Å². The summed E-state index contributed by atoms with van der Waals surface area (Å²) < 4.78 is 23.5. The summed E-state index contributed by atoms with van der Waals surface area (Å²) in [5.74, 6) is 1.14. The van der Waals surface area contributed by atoms with E-state index >= 15 is 0 Å². The average Bonchev–Trinajstić information content (AvgIpc) is 3.23. The molecule has 5 rings (SSSR count). The Bertz CT molecular complexity index is 1330. The zero-order valence-corrected chi connectivity index (χ0v) is 22.2. The molecule has 8 heteroatoms. The van der Waals surface area contributed by atoms with E-state index in [2.05, 4.69) is 11.8 Å². The van der Waals surface area contributed by atoms with E-state index in [0.717, 1.165) is 37.9 Å². The number of hydrogen-bond acceptors (Lipinski definition) is 7. The monoisotopic (exact) mass is 520 g/mol. The molecule has 202 valence electrons. The Kier molecular flexibility index (Phi) is 8.29. The van der Waals surface area contributed by atoms with Gasteiger partial charge in [-0.1, -0.05) is 38.0 Å². The van der Waals surface area contributed by atoms with Crippen molar-refractivity contribution in [2.45, 2.75) is 39.2 Å². The Balaban J connectivity index is 1.54.